The molecule has 43 heavy (non-hydrogen) atoms. The molecule has 1 aliphatic carbocycles. The van der Waals surface area contributed by atoms with Crippen LogP contribution in [0.4, 0.5) is 15.8 Å². The van der Waals surface area contributed by atoms with Crippen molar-refractivity contribution in [2.45, 2.75) is 44.9 Å². The van der Waals surface area contributed by atoms with E-state index < -0.39 is 34.9 Å². The maximum Gasteiger partial charge on any atom is 0.248 e. The number of rotatable bonds is 7. The van der Waals surface area contributed by atoms with Crippen molar-refractivity contribution in [3.8, 4) is 11.6 Å². The summed E-state index contributed by atoms with van der Waals surface area (Å²) in [5, 5.41) is 5.79. The number of amides is 3. The lowest BCUT2D eigenvalue weighted by molar-refractivity contribution is -0.123. The maximum absolute atomic E-state index is 16.0. The number of anilines is 2. The molecule has 5 rings (SSSR count). The van der Waals surface area contributed by atoms with Crippen LogP contribution in [0, 0.1) is 23.1 Å². The molecule has 2 heterocycles. The van der Waals surface area contributed by atoms with E-state index in [4.69, 9.17) is 26.8 Å². The van der Waals surface area contributed by atoms with Crippen LogP contribution in [-0.2, 0) is 15.0 Å². The molecule has 2 aromatic carbocycles. The molecule has 0 saturated heterocycles. The number of pyridine rings is 1. The first-order chi connectivity index (χ1) is 20.3. The molecule has 1 saturated carbocycles. The van der Waals surface area contributed by atoms with E-state index in [9.17, 15) is 14.4 Å². The molecule has 11 heteroatoms. The van der Waals surface area contributed by atoms with Crippen LogP contribution in [0.3, 0.4) is 0 Å². The molecule has 4 N–H and O–H groups in total. The monoisotopic (exact) mass is 608 g/mol. The predicted octanol–water partition coefficient (Wildman–Crippen LogP) is 5.67. The van der Waals surface area contributed by atoms with Crippen LogP contribution in [0.5, 0.6) is 11.6 Å². The van der Waals surface area contributed by atoms with Crippen LogP contribution in [0.15, 0.2) is 48.7 Å². The van der Waals surface area contributed by atoms with Crippen LogP contribution in [0.1, 0.15) is 61.0 Å². The van der Waals surface area contributed by atoms with E-state index in [1.165, 1.54) is 38.5 Å². The van der Waals surface area contributed by atoms with Gasteiger partial charge in [0.2, 0.25) is 23.6 Å². The van der Waals surface area contributed by atoms with Crippen molar-refractivity contribution in [1.29, 1.82) is 0 Å². The Hall–Kier alpha value is -4.18. The van der Waals surface area contributed by atoms with Crippen molar-refractivity contribution in [2.75, 3.05) is 24.9 Å². The fourth-order valence-electron chi connectivity index (χ4n) is 6.88. The molecule has 2 aliphatic rings. The number of ether oxygens (including phenoxy) is 2. The molecule has 1 aromatic heterocycles. The van der Waals surface area contributed by atoms with Crippen LogP contribution >= 0.6 is 11.6 Å². The van der Waals surface area contributed by atoms with Gasteiger partial charge in [0.25, 0.3) is 0 Å². The normalized spacial score (nSPS) is 22.7. The average molecular weight is 609 g/mol. The van der Waals surface area contributed by atoms with E-state index in [0.29, 0.717) is 29.2 Å². The van der Waals surface area contributed by atoms with Crippen LogP contribution in [-0.4, -0.2) is 36.9 Å². The third-order valence-electron chi connectivity index (χ3n) is 8.49. The molecule has 0 unspecified atom stereocenters. The summed E-state index contributed by atoms with van der Waals surface area (Å²) in [7, 11) is 2.89. The number of nitrogens with two attached hydrogens (primary N) is 1. The molecule has 1 fully saturated rings. The van der Waals surface area contributed by atoms with Crippen molar-refractivity contribution in [3.05, 3.63) is 76.2 Å². The smallest absolute Gasteiger partial charge is 0.248 e. The summed E-state index contributed by atoms with van der Waals surface area (Å²) in [6, 6.07) is 10.7. The van der Waals surface area contributed by atoms with Gasteiger partial charge in [-0.05, 0) is 54.0 Å². The van der Waals surface area contributed by atoms with E-state index in [1.54, 1.807) is 24.4 Å². The van der Waals surface area contributed by atoms with Crippen molar-refractivity contribution < 1.29 is 28.2 Å². The van der Waals surface area contributed by atoms with Gasteiger partial charge in [-0.15, -0.1) is 0 Å². The van der Waals surface area contributed by atoms with Gasteiger partial charge in [0, 0.05) is 35.2 Å². The quantitative estimate of drug-likeness (QED) is 0.316. The van der Waals surface area contributed by atoms with Gasteiger partial charge in [-0.2, -0.15) is 0 Å². The van der Waals surface area contributed by atoms with Gasteiger partial charge in [-0.25, -0.2) is 9.37 Å². The first-order valence-electron chi connectivity index (χ1n) is 13.9. The Bertz CT molecular complexity index is 1620. The lowest BCUT2D eigenvalue weighted by Gasteiger charge is -2.38. The fraction of sp³-hybridized carbons (Fsp3) is 0.375. The first kappa shape index (κ1) is 30.3. The number of carbonyl (C=O) groups is 3. The van der Waals surface area contributed by atoms with E-state index >= 15 is 4.39 Å². The molecule has 3 amide bonds. The summed E-state index contributed by atoms with van der Waals surface area (Å²) in [4.78, 5) is 44.7. The second kappa shape index (κ2) is 11.1. The Morgan fingerprint density at radius 2 is 1.93 bits per heavy atom. The highest BCUT2D eigenvalue weighted by Crippen LogP contribution is 2.64. The summed E-state index contributed by atoms with van der Waals surface area (Å²) in [5.41, 5.74) is 5.61. The summed E-state index contributed by atoms with van der Waals surface area (Å²) >= 11 is 6.28. The fourth-order valence-corrected chi connectivity index (χ4v) is 7.06. The van der Waals surface area contributed by atoms with Crippen LogP contribution < -0.4 is 25.8 Å². The minimum absolute atomic E-state index is 0.110. The number of benzene rings is 2. The van der Waals surface area contributed by atoms with E-state index in [0.717, 1.165) is 0 Å². The minimum Gasteiger partial charge on any atom is -0.495 e. The number of primary amides is 1. The number of hydrogen-bond acceptors (Lipinski definition) is 6. The highest BCUT2D eigenvalue weighted by molar-refractivity contribution is 6.30. The number of carbonyl (C=O) groups excluding carboxylic acids is 3. The minimum atomic E-state index is -1.34. The number of aromatic nitrogens is 1. The summed E-state index contributed by atoms with van der Waals surface area (Å²) in [6.45, 7) is 6.19. The standard InChI is InChI=1S/C32H34ClFN4O5/c1-31(2,3)14-17-12-19(29(40)37-22-10-9-16(28(35)39)11-24(22)42-4)26(18-7-6-8-21(33)27(18)34)32(17)20-15-36-25(43-5)13-23(20)38-30(32)41/h6-11,13,15,17,19,26H,12,14H2,1-5H3,(H2,35,39)(H,37,40)(H,38,41)/t17-,19+,26-,32-/m0/s1. The molecule has 1 spiro atoms. The molecule has 1 aliphatic heterocycles. The second-order valence-electron chi connectivity index (χ2n) is 12.3. The Morgan fingerprint density at radius 1 is 1.19 bits per heavy atom. The Balaban J connectivity index is 1.71. The van der Waals surface area contributed by atoms with Gasteiger partial charge in [0.05, 0.1) is 36.0 Å². The second-order valence-corrected chi connectivity index (χ2v) is 12.7. The third kappa shape index (κ3) is 5.18. The SMILES string of the molecule is COc1cc2c(cn1)[C@@]1(C(=O)N2)[C@H](CC(C)(C)C)C[C@@H](C(=O)Nc2ccc(C(N)=O)cc2OC)[C@@H]1c1cccc(Cl)c1F. The predicted molar refractivity (Wildman–Crippen MR) is 161 cm³/mol. The number of methoxy groups -OCH3 is 2. The van der Waals surface area contributed by atoms with E-state index in [2.05, 4.69) is 36.4 Å². The average Bonchev–Trinajstić information content (AvgIpc) is 3.43. The molecular weight excluding hydrogens is 575 g/mol. The van der Waals surface area contributed by atoms with Crippen LogP contribution in [0.2, 0.25) is 5.02 Å². The number of fused-ring (bicyclic) bond motifs is 2. The summed E-state index contributed by atoms with van der Waals surface area (Å²) in [6.07, 6.45) is 2.42. The van der Waals surface area contributed by atoms with Crippen molar-refractivity contribution in [3.63, 3.8) is 0 Å². The third-order valence-corrected chi connectivity index (χ3v) is 8.78. The van der Waals surface area contributed by atoms with Gasteiger partial charge >= 0.3 is 0 Å². The molecule has 0 radical (unpaired) electrons. The van der Waals surface area contributed by atoms with Gasteiger partial charge in [-0.3, -0.25) is 14.4 Å². The lowest BCUT2D eigenvalue weighted by atomic mass is 9.62. The molecule has 226 valence electrons. The summed E-state index contributed by atoms with van der Waals surface area (Å²) in [5.74, 6) is -3.74. The number of nitrogens with zero attached hydrogens (tertiary/aromatic N) is 1. The zero-order chi connectivity index (χ0) is 31.3. The highest BCUT2D eigenvalue weighted by atomic mass is 35.5. The van der Waals surface area contributed by atoms with E-state index in [1.807, 2.05) is 0 Å². The molecule has 0 bridgehead atoms. The largest absolute Gasteiger partial charge is 0.495 e. The summed E-state index contributed by atoms with van der Waals surface area (Å²) < 4.78 is 26.7. The molecule has 3 aromatic rings. The van der Waals surface area contributed by atoms with Crippen molar-refractivity contribution >= 4 is 40.7 Å². The van der Waals surface area contributed by atoms with Gasteiger partial charge in [0.15, 0.2) is 0 Å². The van der Waals surface area contributed by atoms with Crippen molar-refractivity contribution in [2.24, 2.45) is 23.0 Å². The topological polar surface area (TPSA) is 133 Å². The zero-order valence-electron chi connectivity index (χ0n) is 24.6. The van der Waals surface area contributed by atoms with Gasteiger partial charge in [-0.1, -0.05) is 44.5 Å². The first-order valence-corrected chi connectivity index (χ1v) is 14.3. The van der Waals surface area contributed by atoms with Gasteiger partial charge < -0.3 is 25.8 Å². The van der Waals surface area contributed by atoms with E-state index in [-0.39, 0.29) is 45.6 Å². The number of halogens is 2. The Morgan fingerprint density at radius 3 is 2.58 bits per heavy atom. The van der Waals surface area contributed by atoms with Crippen LogP contribution in [0.25, 0.3) is 0 Å². The molecular formula is C32H34ClFN4O5. The highest BCUT2D eigenvalue weighted by Gasteiger charge is 2.66. The Kier molecular flexibility index (Phi) is 7.85. The lowest BCUT2D eigenvalue weighted by Crippen LogP contribution is -2.45. The molecule has 9 nitrogen and oxygen atoms in total. The number of nitrogens with one attached hydrogen (secondary N) is 2. The maximum atomic E-state index is 16.0. The molecule has 4 atom stereocenters. The zero-order valence-corrected chi connectivity index (χ0v) is 25.3. The Labute approximate surface area is 254 Å². The van der Waals surface area contributed by atoms with Crippen molar-refractivity contribution in [1.82, 2.24) is 4.98 Å². The van der Waals surface area contributed by atoms with Gasteiger partial charge in [0.1, 0.15) is 11.6 Å². The number of hydrogen-bond donors (Lipinski definition) is 3.